The van der Waals surface area contributed by atoms with Gasteiger partial charge in [0.2, 0.25) is 0 Å². The number of allylic oxidation sites excluding steroid dienone is 2. The van der Waals surface area contributed by atoms with Gasteiger partial charge in [-0.15, -0.1) is 0 Å². The molecule has 1 aromatic rings. The number of carboxylic acids is 1. The fraction of sp³-hybridized carbons (Fsp3) is 0.455. The Morgan fingerprint density at radius 2 is 2.04 bits per heavy atom. The summed E-state index contributed by atoms with van der Waals surface area (Å²) in [4.78, 5) is 22.1. The lowest BCUT2D eigenvalue weighted by molar-refractivity contribution is -0.133. The first-order valence-corrected chi connectivity index (χ1v) is 9.43. The Bertz CT molecular complexity index is 731. The first-order chi connectivity index (χ1) is 12.5. The fourth-order valence-electron chi connectivity index (χ4n) is 3.48. The van der Waals surface area contributed by atoms with E-state index in [1.807, 2.05) is 19.1 Å². The highest BCUT2D eigenvalue weighted by Crippen LogP contribution is 2.33. The van der Waals surface area contributed by atoms with Crippen LogP contribution in [0.4, 0.5) is 4.39 Å². The summed E-state index contributed by atoms with van der Waals surface area (Å²) in [5.41, 5.74) is 3.15. The van der Waals surface area contributed by atoms with Gasteiger partial charge in [-0.05, 0) is 66.0 Å². The molecule has 0 amide bonds. The van der Waals surface area contributed by atoms with E-state index >= 15 is 0 Å². The molecule has 0 radical (unpaired) electrons. The summed E-state index contributed by atoms with van der Waals surface area (Å²) >= 11 is 0. The SMILES string of the molecule is CCCCCCc1cc2c(cc1F)C=C(/C=C(\C=O)C(=O)O)C(CC)C2. The van der Waals surface area contributed by atoms with E-state index in [9.17, 15) is 14.0 Å². The van der Waals surface area contributed by atoms with Gasteiger partial charge >= 0.3 is 5.97 Å². The molecule has 0 fully saturated rings. The molecule has 1 aromatic carbocycles. The molecule has 26 heavy (non-hydrogen) atoms. The highest BCUT2D eigenvalue weighted by atomic mass is 19.1. The van der Waals surface area contributed by atoms with Crippen molar-refractivity contribution in [2.75, 3.05) is 0 Å². The summed E-state index contributed by atoms with van der Waals surface area (Å²) in [6.45, 7) is 4.19. The molecule has 0 bridgehead atoms. The second-order valence-corrected chi connectivity index (χ2v) is 6.93. The Morgan fingerprint density at radius 1 is 1.27 bits per heavy atom. The van der Waals surface area contributed by atoms with E-state index in [1.165, 1.54) is 12.5 Å². The molecule has 4 heteroatoms. The lowest BCUT2D eigenvalue weighted by atomic mass is 9.80. The number of aliphatic carboxylic acids is 1. The second-order valence-electron chi connectivity index (χ2n) is 6.93. The first kappa shape index (κ1) is 20.1. The van der Waals surface area contributed by atoms with E-state index < -0.39 is 5.97 Å². The summed E-state index contributed by atoms with van der Waals surface area (Å²) in [6.07, 6.45) is 10.4. The van der Waals surface area contributed by atoms with Gasteiger partial charge in [-0.2, -0.15) is 0 Å². The maximum Gasteiger partial charge on any atom is 0.339 e. The zero-order valence-corrected chi connectivity index (χ0v) is 15.6. The number of hydrogen-bond acceptors (Lipinski definition) is 2. The molecule has 2 rings (SSSR count). The van der Waals surface area contributed by atoms with Crippen molar-refractivity contribution in [2.24, 2.45) is 5.92 Å². The summed E-state index contributed by atoms with van der Waals surface area (Å²) in [5, 5.41) is 9.07. The maximum atomic E-state index is 14.5. The van der Waals surface area contributed by atoms with E-state index in [2.05, 4.69) is 6.92 Å². The van der Waals surface area contributed by atoms with Gasteiger partial charge in [-0.3, -0.25) is 4.79 Å². The number of rotatable bonds is 9. The summed E-state index contributed by atoms with van der Waals surface area (Å²) in [7, 11) is 0. The topological polar surface area (TPSA) is 54.4 Å². The Hall–Kier alpha value is -2.23. The minimum Gasteiger partial charge on any atom is -0.478 e. The van der Waals surface area contributed by atoms with Crippen LogP contribution in [0.3, 0.4) is 0 Å². The first-order valence-electron chi connectivity index (χ1n) is 9.43. The number of aryl methyl sites for hydroxylation is 1. The van der Waals surface area contributed by atoms with E-state index in [1.54, 1.807) is 6.07 Å². The largest absolute Gasteiger partial charge is 0.478 e. The number of unbranched alkanes of at least 4 members (excludes halogenated alkanes) is 3. The van der Waals surface area contributed by atoms with Gasteiger partial charge in [-0.1, -0.05) is 45.3 Å². The van der Waals surface area contributed by atoms with Gasteiger partial charge in [-0.25, -0.2) is 9.18 Å². The molecule has 0 saturated heterocycles. The molecule has 0 aromatic heterocycles. The third kappa shape index (κ3) is 4.90. The van der Waals surface area contributed by atoms with Crippen LogP contribution in [0.25, 0.3) is 6.08 Å². The van der Waals surface area contributed by atoms with Gasteiger partial charge in [0.1, 0.15) is 5.82 Å². The maximum absolute atomic E-state index is 14.5. The summed E-state index contributed by atoms with van der Waals surface area (Å²) in [5.74, 6) is -1.31. The van der Waals surface area contributed by atoms with Gasteiger partial charge in [0.15, 0.2) is 6.29 Å². The fourth-order valence-corrected chi connectivity index (χ4v) is 3.48. The van der Waals surface area contributed by atoms with Crippen molar-refractivity contribution in [3.63, 3.8) is 0 Å². The van der Waals surface area contributed by atoms with Gasteiger partial charge in [0.05, 0.1) is 5.57 Å². The quantitative estimate of drug-likeness (QED) is 0.219. The molecule has 1 aliphatic carbocycles. The van der Waals surface area contributed by atoms with E-state index in [0.717, 1.165) is 60.8 Å². The smallest absolute Gasteiger partial charge is 0.339 e. The zero-order valence-electron chi connectivity index (χ0n) is 15.6. The molecular formula is C22H27FO3. The number of aldehydes is 1. The molecule has 3 nitrogen and oxygen atoms in total. The standard InChI is InChI=1S/C22H27FO3/c1-3-5-6-7-8-16-10-18-9-15(4-2)17(11-19(18)13-21(16)23)12-20(14-24)22(25)26/h10-15H,3-9H2,1-2H3,(H,25,26)/b20-12+. The molecule has 1 N–H and O–H groups in total. The second kappa shape index (κ2) is 9.46. The third-order valence-electron chi connectivity index (χ3n) is 5.06. The molecule has 0 saturated carbocycles. The van der Waals surface area contributed by atoms with Gasteiger partial charge in [0, 0.05) is 0 Å². The lowest BCUT2D eigenvalue weighted by Gasteiger charge is -2.24. The molecule has 0 heterocycles. The van der Waals surface area contributed by atoms with Crippen molar-refractivity contribution < 1.29 is 19.1 Å². The van der Waals surface area contributed by atoms with Crippen LogP contribution in [0.1, 0.15) is 62.6 Å². The number of benzene rings is 1. The van der Waals surface area contributed by atoms with Crippen molar-refractivity contribution >= 4 is 18.3 Å². The molecule has 140 valence electrons. The summed E-state index contributed by atoms with van der Waals surface area (Å²) < 4.78 is 14.5. The number of halogens is 1. The number of hydrogen-bond donors (Lipinski definition) is 1. The molecule has 0 spiro atoms. The molecule has 1 unspecified atom stereocenters. The molecular weight excluding hydrogens is 331 g/mol. The van der Waals surface area contributed by atoms with Crippen molar-refractivity contribution in [1.29, 1.82) is 0 Å². The van der Waals surface area contributed by atoms with E-state index in [0.29, 0.717) is 6.29 Å². The molecule has 1 atom stereocenters. The van der Waals surface area contributed by atoms with Crippen molar-refractivity contribution in [1.82, 2.24) is 0 Å². The van der Waals surface area contributed by atoms with E-state index in [-0.39, 0.29) is 17.3 Å². The monoisotopic (exact) mass is 358 g/mol. The van der Waals surface area contributed by atoms with Gasteiger partial charge in [0.25, 0.3) is 0 Å². The summed E-state index contributed by atoms with van der Waals surface area (Å²) in [6, 6.07) is 3.51. The zero-order chi connectivity index (χ0) is 19.1. The van der Waals surface area contributed by atoms with Crippen LogP contribution in [0.5, 0.6) is 0 Å². The number of carbonyl (C=O) groups excluding carboxylic acids is 1. The number of fused-ring (bicyclic) bond motifs is 1. The highest BCUT2D eigenvalue weighted by Gasteiger charge is 2.22. The average Bonchev–Trinajstić information content (AvgIpc) is 2.62. The molecule has 0 aliphatic heterocycles. The van der Waals surface area contributed by atoms with Crippen LogP contribution < -0.4 is 0 Å². The minimum atomic E-state index is -1.24. The predicted octanol–water partition coefficient (Wildman–Crippen LogP) is 5.12. The van der Waals surface area contributed by atoms with Crippen LogP contribution in [0.2, 0.25) is 0 Å². The Kier molecular flexibility index (Phi) is 7.31. The minimum absolute atomic E-state index is 0.134. The third-order valence-corrected chi connectivity index (χ3v) is 5.06. The highest BCUT2D eigenvalue weighted by molar-refractivity contribution is 6.07. The van der Waals surface area contributed by atoms with Crippen LogP contribution in [0, 0.1) is 11.7 Å². The van der Waals surface area contributed by atoms with Crippen molar-refractivity contribution in [3.05, 3.63) is 51.9 Å². The van der Waals surface area contributed by atoms with Gasteiger partial charge < -0.3 is 5.11 Å². The predicted molar refractivity (Wildman–Crippen MR) is 101 cm³/mol. The Balaban J connectivity index is 2.31. The Morgan fingerprint density at radius 3 is 2.65 bits per heavy atom. The van der Waals surface area contributed by atoms with Crippen LogP contribution in [-0.2, 0) is 22.4 Å². The van der Waals surface area contributed by atoms with Crippen LogP contribution in [0.15, 0.2) is 29.4 Å². The number of carbonyl (C=O) groups is 2. The van der Waals surface area contributed by atoms with Crippen LogP contribution in [-0.4, -0.2) is 17.4 Å². The number of carboxylic acid groups (broad SMARTS) is 1. The van der Waals surface area contributed by atoms with Crippen molar-refractivity contribution in [2.45, 2.75) is 58.8 Å². The van der Waals surface area contributed by atoms with E-state index in [4.69, 9.17) is 5.11 Å². The van der Waals surface area contributed by atoms with Crippen LogP contribution >= 0.6 is 0 Å². The normalized spacial score (nSPS) is 16.8. The lowest BCUT2D eigenvalue weighted by Crippen LogP contribution is -2.14. The Labute approximate surface area is 154 Å². The average molecular weight is 358 g/mol. The van der Waals surface area contributed by atoms with Crippen molar-refractivity contribution in [3.8, 4) is 0 Å². The molecule has 1 aliphatic rings.